The summed E-state index contributed by atoms with van der Waals surface area (Å²) in [6.07, 6.45) is 9.46. The van der Waals surface area contributed by atoms with Gasteiger partial charge in [0.05, 0.1) is 36.2 Å². The van der Waals surface area contributed by atoms with Crippen LogP contribution in [0.2, 0.25) is 0 Å². The van der Waals surface area contributed by atoms with E-state index < -0.39 is 23.0 Å². The molecule has 1 saturated heterocycles. The van der Waals surface area contributed by atoms with Crippen molar-refractivity contribution in [2.45, 2.75) is 42.5 Å². The van der Waals surface area contributed by atoms with E-state index in [2.05, 4.69) is 20.8 Å². The number of ether oxygens (including phenoxy) is 1. The van der Waals surface area contributed by atoms with Gasteiger partial charge in [0.25, 0.3) is 0 Å². The number of piperidine rings is 1. The zero-order valence-electron chi connectivity index (χ0n) is 18.4. The molecule has 5 atom stereocenters. The maximum absolute atomic E-state index is 13.9. The van der Waals surface area contributed by atoms with Crippen LogP contribution < -0.4 is 0 Å². The number of hydrogen-bond acceptors (Lipinski definition) is 6. The standard InChI is InChI=1S/C27H25N3O3/c1-3-14-26(32)17-23(21-12-6-8-15-28-21)30-18-19-10-4-5-11-20(19)27(26,25(31)33-2)24(30)22-13-7-9-16-29-22/h1,4-13,15-16,23-24,32H,14,17-18H2,2H3/t23-,24?,26-,27+/m1/s1. The number of rotatable bonds is 4. The van der Waals surface area contributed by atoms with Crippen LogP contribution >= 0.6 is 0 Å². The molecule has 2 aromatic heterocycles. The van der Waals surface area contributed by atoms with Crippen LogP contribution in [-0.4, -0.2) is 38.7 Å². The number of carbonyl (C=O) groups excluding carboxylic acids is 1. The number of terminal acetylenes is 1. The van der Waals surface area contributed by atoms with Crippen LogP contribution in [0, 0.1) is 12.3 Å². The number of aromatic nitrogens is 2. The van der Waals surface area contributed by atoms with Gasteiger partial charge in [0, 0.05) is 25.4 Å². The second-order valence-corrected chi connectivity index (χ2v) is 8.67. The van der Waals surface area contributed by atoms with E-state index in [1.165, 1.54) is 7.11 Å². The Hall–Kier alpha value is -3.53. The zero-order valence-corrected chi connectivity index (χ0v) is 18.4. The number of esters is 1. The van der Waals surface area contributed by atoms with Gasteiger partial charge in [0.2, 0.25) is 0 Å². The van der Waals surface area contributed by atoms with Crippen molar-refractivity contribution >= 4 is 5.97 Å². The lowest BCUT2D eigenvalue weighted by Crippen LogP contribution is -2.70. The van der Waals surface area contributed by atoms with Gasteiger partial charge in [-0.2, -0.15) is 0 Å². The number of fused-ring (bicyclic) bond motifs is 4. The summed E-state index contributed by atoms with van der Waals surface area (Å²) < 4.78 is 5.42. The second-order valence-electron chi connectivity index (χ2n) is 8.67. The van der Waals surface area contributed by atoms with Crippen molar-refractivity contribution in [3.05, 3.63) is 95.6 Å². The van der Waals surface area contributed by atoms with E-state index in [1.807, 2.05) is 60.7 Å². The van der Waals surface area contributed by atoms with Gasteiger partial charge >= 0.3 is 5.97 Å². The molecule has 3 aromatic rings. The molecular formula is C27H25N3O3. The molecule has 0 saturated carbocycles. The highest BCUT2D eigenvalue weighted by Gasteiger charge is 2.70. The average Bonchev–Trinajstić information content (AvgIpc) is 2.86. The molecular weight excluding hydrogens is 414 g/mol. The van der Waals surface area contributed by atoms with E-state index >= 15 is 0 Å². The smallest absolute Gasteiger partial charge is 0.321 e. The lowest BCUT2D eigenvalue weighted by atomic mass is 9.53. The predicted octanol–water partition coefficient (Wildman–Crippen LogP) is 3.34. The first-order valence-electron chi connectivity index (χ1n) is 11.0. The third-order valence-corrected chi connectivity index (χ3v) is 7.10. The Bertz CT molecular complexity index is 1210. The molecule has 2 unspecified atom stereocenters. The molecule has 6 heteroatoms. The largest absolute Gasteiger partial charge is 0.468 e. The molecule has 5 rings (SSSR count). The van der Waals surface area contributed by atoms with Gasteiger partial charge < -0.3 is 9.84 Å². The van der Waals surface area contributed by atoms with Crippen LogP contribution in [0.1, 0.15) is 47.4 Å². The molecule has 0 spiro atoms. The molecule has 4 heterocycles. The summed E-state index contributed by atoms with van der Waals surface area (Å²) in [5.74, 6) is 2.12. The van der Waals surface area contributed by atoms with E-state index in [0.29, 0.717) is 12.2 Å². The van der Waals surface area contributed by atoms with Gasteiger partial charge in [-0.15, -0.1) is 12.3 Å². The summed E-state index contributed by atoms with van der Waals surface area (Å²) in [4.78, 5) is 25.3. The van der Waals surface area contributed by atoms with Crippen molar-refractivity contribution in [2.75, 3.05) is 7.11 Å². The lowest BCUT2D eigenvalue weighted by molar-refractivity contribution is -0.193. The van der Waals surface area contributed by atoms with E-state index in [4.69, 9.17) is 11.2 Å². The molecule has 0 amide bonds. The highest BCUT2D eigenvalue weighted by molar-refractivity contribution is 5.88. The Balaban J connectivity index is 1.87. The summed E-state index contributed by atoms with van der Waals surface area (Å²) in [6.45, 7) is 0.573. The fourth-order valence-corrected chi connectivity index (χ4v) is 5.85. The molecule has 2 aliphatic rings. The van der Waals surface area contributed by atoms with Crippen LogP contribution in [0.5, 0.6) is 0 Å². The van der Waals surface area contributed by atoms with Crippen LogP contribution in [0.15, 0.2) is 73.1 Å². The zero-order chi connectivity index (χ0) is 23.1. The molecule has 2 bridgehead atoms. The Morgan fingerprint density at radius 1 is 1.12 bits per heavy atom. The molecule has 2 aliphatic heterocycles. The Morgan fingerprint density at radius 2 is 1.79 bits per heavy atom. The van der Waals surface area contributed by atoms with Crippen LogP contribution in [0.3, 0.4) is 0 Å². The maximum atomic E-state index is 13.9. The van der Waals surface area contributed by atoms with E-state index in [9.17, 15) is 9.90 Å². The topological polar surface area (TPSA) is 75.6 Å². The van der Waals surface area contributed by atoms with Gasteiger partial charge in [0.1, 0.15) is 5.41 Å². The molecule has 0 aliphatic carbocycles. The molecule has 6 nitrogen and oxygen atoms in total. The van der Waals surface area contributed by atoms with Crippen LogP contribution in [0.4, 0.5) is 0 Å². The normalized spacial score (nSPS) is 30.0. The predicted molar refractivity (Wildman–Crippen MR) is 123 cm³/mol. The van der Waals surface area contributed by atoms with Gasteiger partial charge in [-0.05, 0) is 41.8 Å². The minimum absolute atomic E-state index is 0.0169. The Labute approximate surface area is 193 Å². The van der Waals surface area contributed by atoms with Crippen LogP contribution in [-0.2, 0) is 21.5 Å². The van der Waals surface area contributed by atoms with Crippen molar-refractivity contribution < 1.29 is 14.6 Å². The lowest BCUT2D eigenvalue weighted by Gasteiger charge is -2.61. The van der Waals surface area contributed by atoms with Crippen molar-refractivity contribution in [2.24, 2.45) is 0 Å². The van der Waals surface area contributed by atoms with E-state index in [1.54, 1.807) is 12.4 Å². The summed E-state index contributed by atoms with van der Waals surface area (Å²) in [5.41, 5.74) is 0.127. The number of pyridine rings is 2. The van der Waals surface area contributed by atoms with Gasteiger partial charge in [0.15, 0.2) is 0 Å². The van der Waals surface area contributed by atoms with Gasteiger partial charge in [-0.25, -0.2) is 0 Å². The molecule has 1 fully saturated rings. The molecule has 0 radical (unpaired) electrons. The first kappa shape index (κ1) is 21.3. The summed E-state index contributed by atoms with van der Waals surface area (Å²) >= 11 is 0. The highest BCUT2D eigenvalue weighted by atomic mass is 16.5. The average molecular weight is 440 g/mol. The van der Waals surface area contributed by atoms with Gasteiger partial charge in [-0.3, -0.25) is 19.7 Å². The Morgan fingerprint density at radius 3 is 2.42 bits per heavy atom. The number of hydrogen-bond donors (Lipinski definition) is 1. The maximum Gasteiger partial charge on any atom is 0.321 e. The third-order valence-electron chi connectivity index (χ3n) is 7.10. The van der Waals surface area contributed by atoms with Crippen molar-refractivity contribution in [3.63, 3.8) is 0 Å². The van der Waals surface area contributed by atoms with E-state index in [0.717, 1.165) is 16.8 Å². The number of carbonyl (C=O) groups is 1. The quantitative estimate of drug-likeness (QED) is 0.496. The second kappa shape index (κ2) is 8.11. The van der Waals surface area contributed by atoms with Crippen molar-refractivity contribution in [3.8, 4) is 12.3 Å². The third kappa shape index (κ3) is 3.01. The number of methoxy groups -OCH3 is 1. The minimum Gasteiger partial charge on any atom is -0.468 e. The molecule has 166 valence electrons. The number of aliphatic hydroxyl groups is 1. The number of nitrogens with zero attached hydrogens (tertiary/aromatic N) is 3. The van der Waals surface area contributed by atoms with Crippen molar-refractivity contribution in [1.82, 2.24) is 14.9 Å². The monoisotopic (exact) mass is 439 g/mol. The summed E-state index contributed by atoms with van der Waals surface area (Å²) in [6, 6.07) is 18.2. The number of benzene rings is 1. The molecule has 1 N–H and O–H groups in total. The van der Waals surface area contributed by atoms with Crippen LogP contribution in [0.25, 0.3) is 0 Å². The fourth-order valence-electron chi connectivity index (χ4n) is 5.85. The summed E-state index contributed by atoms with van der Waals surface area (Å²) in [7, 11) is 1.36. The van der Waals surface area contributed by atoms with Gasteiger partial charge in [-0.1, -0.05) is 36.4 Å². The highest BCUT2D eigenvalue weighted by Crippen LogP contribution is 2.62. The minimum atomic E-state index is -1.59. The first-order chi connectivity index (χ1) is 16.1. The summed E-state index contributed by atoms with van der Waals surface area (Å²) in [5, 5.41) is 12.4. The van der Waals surface area contributed by atoms with Crippen molar-refractivity contribution in [1.29, 1.82) is 0 Å². The Kier molecular flexibility index (Phi) is 5.24. The SMILES string of the molecule is C#CC[C@@]1(O)C[C@H](c2ccccn2)N2Cc3ccccc3[C@@]1(C(=O)OC)C2c1ccccn1. The first-order valence-corrected chi connectivity index (χ1v) is 11.0. The molecule has 33 heavy (non-hydrogen) atoms. The molecule has 1 aromatic carbocycles. The van der Waals surface area contributed by atoms with E-state index in [-0.39, 0.29) is 18.9 Å². The fraction of sp³-hybridized carbons (Fsp3) is 0.296.